The monoisotopic (exact) mass is 480 g/mol. The highest BCUT2D eigenvalue weighted by molar-refractivity contribution is 5.51. The van der Waals surface area contributed by atoms with Crippen molar-refractivity contribution < 1.29 is 28.4 Å². The summed E-state index contributed by atoms with van der Waals surface area (Å²) in [7, 11) is 0. The highest BCUT2D eigenvalue weighted by Gasteiger charge is 2.27. The molecule has 0 saturated carbocycles. The van der Waals surface area contributed by atoms with Crippen LogP contribution in [0.1, 0.15) is 38.8 Å². The number of hydrogen-bond donors (Lipinski definition) is 0. The van der Waals surface area contributed by atoms with Gasteiger partial charge in [-0.2, -0.15) is 0 Å². The van der Waals surface area contributed by atoms with Crippen molar-refractivity contribution in [3.63, 3.8) is 0 Å². The summed E-state index contributed by atoms with van der Waals surface area (Å²) in [4.78, 5) is 0. The van der Waals surface area contributed by atoms with Gasteiger partial charge in [0.05, 0.1) is 12.5 Å². The number of hydrogen-bond acceptors (Lipinski definition) is 6. The van der Waals surface area contributed by atoms with E-state index in [1.807, 2.05) is 36.4 Å². The summed E-state index contributed by atoms with van der Waals surface area (Å²) in [5.74, 6) is 2.31. The molecule has 0 aliphatic carbocycles. The maximum atomic E-state index is 5.90. The van der Waals surface area contributed by atoms with E-state index in [9.17, 15) is 0 Å². The summed E-state index contributed by atoms with van der Waals surface area (Å²) in [6.45, 7) is 23.1. The van der Waals surface area contributed by atoms with Crippen molar-refractivity contribution in [3.05, 3.63) is 98.5 Å². The molecule has 0 amide bonds. The highest BCUT2D eigenvalue weighted by Crippen LogP contribution is 2.40. The highest BCUT2D eigenvalue weighted by atomic mass is 16.7. The quantitative estimate of drug-likeness (QED) is 0.148. The lowest BCUT2D eigenvalue weighted by atomic mass is 9.78. The lowest BCUT2D eigenvalue weighted by Crippen LogP contribution is -2.20. The summed E-state index contributed by atoms with van der Waals surface area (Å²) in [5, 5.41) is 0. The zero-order valence-corrected chi connectivity index (χ0v) is 21.1. The molecule has 2 atom stereocenters. The first-order chi connectivity index (χ1) is 16.8. The summed E-state index contributed by atoms with van der Waals surface area (Å²) in [5.41, 5.74) is 1.64. The second-order valence-corrected chi connectivity index (χ2v) is 8.12. The summed E-state index contributed by atoms with van der Waals surface area (Å²) in [6.07, 6.45) is 5.03. The van der Waals surface area contributed by atoms with Gasteiger partial charge in [-0.05, 0) is 35.4 Å². The Labute approximate surface area is 209 Å². The van der Waals surface area contributed by atoms with Gasteiger partial charge in [0.15, 0.2) is 23.0 Å². The van der Waals surface area contributed by atoms with Gasteiger partial charge in [-0.15, -0.1) is 0 Å². The molecule has 0 saturated heterocycles. The molecule has 0 aliphatic rings. The van der Waals surface area contributed by atoms with E-state index in [-0.39, 0.29) is 0 Å². The van der Waals surface area contributed by atoms with Crippen LogP contribution in [0.15, 0.2) is 87.4 Å². The van der Waals surface area contributed by atoms with Crippen LogP contribution in [0.4, 0.5) is 0 Å². The number of benzene rings is 2. The first-order valence-corrected chi connectivity index (χ1v) is 11.4. The van der Waals surface area contributed by atoms with Gasteiger partial charge >= 0.3 is 0 Å². The first kappa shape index (κ1) is 27.4. The third-order valence-corrected chi connectivity index (χ3v) is 5.21. The second-order valence-electron chi connectivity index (χ2n) is 8.12. The molecule has 0 fully saturated rings. The molecule has 6 heteroatoms. The van der Waals surface area contributed by atoms with Crippen molar-refractivity contribution in [2.24, 2.45) is 0 Å². The fourth-order valence-electron chi connectivity index (χ4n) is 3.36. The van der Waals surface area contributed by atoms with Crippen LogP contribution in [0.2, 0.25) is 0 Å². The van der Waals surface area contributed by atoms with Crippen molar-refractivity contribution in [2.45, 2.75) is 45.7 Å². The molecule has 0 spiro atoms. The maximum Gasteiger partial charge on any atom is 0.237 e. The molecule has 6 nitrogen and oxygen atoms in total. The van der Waals surface area contributed by atoms with Gasteiger partial charge in [-0.1, -0.05) is 64.4 Å². The van der Waals surface area contributed by atoms with E-state index in [4.69, 9.17) is 28.4 Å². The van der Waals surface area contributed by atoms with Gasteiger partial charge in [0.1, 0.15) is 13.2 Å². The maximum absolute atomic E-state index is 5.90. The number of ether oxygens (including phenoxy) is 6. The molecular weight excluding hydrogens is 444 g/mol. The zero-order valence-electron chi connectivity index (χ0n) is 21.1. The van der Waals surface area contributed by atoms with E-state index in [1.54, 1.807) is 26.0 Å². The Morgan fingerprint density at radius 1 is 0.686 bits per heavy atom. The van der Waals surface area contributed by atoms with Gasteiger partial charge < -0.3 is 28.4 Å². The Bertz CT molecular complexity index is 931. The molecule has 188 valence electrons. The molecule has 2 aromatic rings. The SMILES string of the molecule is C=CCOc1cc(C(C)(C)c2ccc(OC(C)OC=C)c(OCC=C)c2)ccc1OC(C)OC=C. The van der Waals surface area contributed by atoms with Crippen molar-refractivity contribution >= 4 is 0 Å². The molecule has 0 aromatic heterocycles. The van der Waals surface area contributed by atoms with E-state index >= 15 is 0 Å². The standard InChI is InChI=1S/C29H36O6/c1-9-17-32-27-19-23(13-15-25(27)34-21(5)30-11-3)29(7,8)24-14-16-26(35-22(6)31-12-4)28(20-24)33-18-10-2/h9-16,19-22H,1-4,17-18H2,5-8H3. The Morgan fingerprint density at radius 2 is 1.09 bits per heavy atom. The summed E-state index contributed by atoms with van der Waals surface area (Å²) < 4.78 is 34.1. The van der Waals surface area contributed by atoms with Crippen LogP contribution in [0, 0.1) is 0 Å². The molecule has 2 aromatic carbocycles. The zero-order chi connectivity index (χ0) is 25.8. The van der Waals surface area contributed by atoms with Crippen LogP contribution in [0.25, 0.3) is 0 Å². The van der Waals surface area contributed by atoms with Crippen molar-refractivity contribution in [2.75, 3.05) is 13.2 Å². The van der Waals surface area contributed by atoms with Crippen molar-refractivity contribution in [1.82, 2.24) is 0 Å². The number of rotatable bonds is 16. The Kier molecular flexibility index (Phi) is 10.3. The minimum Gasteiger partial charge on any atom is -0.486 e. The molecule has 2 rings (SSSR count). The van der Waals surface area contributed by atoms with E-state index in [1.165, 1.54) is 12.5 Å². The second kappa shape index (κ2) is 13.2. The lowest BCUT2D eigenvalue weighted by Gasteiger charge is -2.28. The molecule has 0 aliphatic heterocycles. The van der Waals surface area contributed by atoms with E-state index in [0.29, 0.717) is 36.2 Å². The summed E-state index contributed by atoms with van der Waals surface area (Å²) in [6, 6.07) is 11.7. The van der Waals surface area contributed by atoms with Crippen molar-refractivity contribution in [3.8, 4) is 23.0 Å². The average Bonchev–Trinajstić information content (AvgIpc) is 2.82. The van der Waals surface area contributed by atoms with E-state index in [0.717, 1.165) is 11.1 Å². The van der Waals surface area contributed by atoms with Crippen LogP contribution in [0.3, 0.4) is 0 Å². The van der Waals surface area contributed by atoms with Gasteiger partial charge in [0, 0.05) is 19.3 Å². The van der Waals surface area contributed by atoms with E-state index < -0.39 is 18.0 Å². The third kappa shape index (κ3) is 7.60. The van der Waals surface area contributed by atoms with Crippen LogP contribution in [0.5, 0.6) is 23.0 Å². The normalized spacial score (nSPS) is 12.5. The molecule has 35 heavy (non-hydrogen) atoms. The molecular formula is C29H36O6. The lowest BCUT2D eigenvalue weighted by molar-refractivity contribution is -0.0152. The fraction of sp³-hybridized carbons (Fsp3) is 0.310. The molecule has 0 N–H and O–H groups in total. The Hall–Kier alpha value is -3.80. The predicted octanol–water partition coefficient (Wildman–Crippen LogP) is 6.91. The third-order valence-electron chi connectivity index (χ3n) is 5.21. The Morgan fingerprint density at radius 3 is 1.43 bits per heavy atom. The molecule has 2 unspecified atom stereocenters. The van der Waals surface area contributed by atoms with Crippen LogP contribution in [-0.2, 0) is 14.9 Å². The fourth-order valence-corrected chi connectivity index (χ4v) is 3.36. The molecule has 0 radical (unpaired) electrons. The van der Waals surface area contributed by atoms with E-state index in [2.05, 4.69) is 40.2 Å². The first-order valence-electron chi connectivity index (χ1n) is 11.4. The van der Waals surface area contributed by atoms with Crippen LogP contribution in [-0.4, -0.2) is 25.8 Å². The smallest absolute Gasteiger partial charge is 0.237 e. The van der Waals surface area contributed by atoms with Gasteiger partial charge in [0.2, 0.25) is 12.6 Å². The minimum absolute atomic E-state index is 0.341. The van der Waals surface area contributed by atoms with Gasteiger partial charge in [-0.3, -0.25) is 0 Å². The topological polar surface area (TPSA) is 55.4 Å². The summed E-state index contributed by atoms with van der Waals surface area (Å²) >= 11 is 0. The average molecular weight is 481 g/mol. The molecule has 0 bridgehead atoms. The Balaban J connectivity index is 2.44. The van der Waals surface area contributed by atoms with Crippen LogP contribution >= 0.6 is 0 Å². The van der Waals surface area contributed by atoms with Crippen LogP contribution < -0.4 is 18.9 Å². The minimum atomic E-state index is -0.512. The van der Waals surface area contributed by atoms with Crippen molar-refractivity contribution in [1.29, 1.82) is 0 Å². The van der Waals surface area contributed by atoms with Gasteiger partial charge in [-0.25, -0.2) is 0 Å². The predicted molar refractivity (Wildman–Crippen MR) is 139 cm³/mol. The van der Waals surface area contributed by atoms with Gasteiger partial charge in [0.25, 0.3) is 0 Å². The molecule has 0 heterocycles. The largest absolute Gasteiger partial charge is 0.486 e.